The Hall–Kier alpha value is -1.51. The van der Waals surface area contributed by atoms with E-state index in [9.17, 15) is 4.79 Å². The van der Waals surface area contributed by atoms with E-state index in [-0.39, 0.29) is 11.3 Å². The molecule has 1 unspecified atom stereocenters. The lowest BCUT2D eigenvalue weighted by molar-refractivity contribution is -0.117. The van der Waals surface area contributed by atoms with Crippen LogP contribution in [0.5, 0.6) is 0 Å². The highest BCUT2D eigenvalue weighted by Crippen LogP contribution is 2.35. The molecule has 0 saturated heterocycles. The topological polar surface area (TPSA) is 20.3 Å². The van der Waals surface area contributed by atoms with Crippen molar-refractivity contribution in [1.82, 2.24) is 0 Å². The van der Waals surface area contributed by atoms with E-state index in [1.165, 1.54) is 0 Å². The average molecular weight is 320 g/mol. The zero-order valence-corrected chi connectivity index (χ0v) is 13.4. The Morgan fingerprint density at radius 1 is 1.14 bits per heavy atom. The number of aryl methyl sites for hydroxylation is 1. The Bertz CT molecular complexity index is 727. The second kappa shape index (κ2) is 5.36. The molecule has 2 aromatic carbocycles. The molecule has 1 heterocycles. The molecule has 1 aliphatic heterocycles. The van der Waals surface area contributed by atoms with E-state index in [2.05, 4.69) is 0 Å². The number of nitrogens with zero attached hydrogens (tertiary/aromatic N) is 1. The van der Waals surface area contributed by atoms with Crippen LogP contribution in [-0.2, 0) is 11.2 Å². The fourth-order valence-electron chi connectivity index (χ4n) is 2.67. The van der Waals surface area contributed by atoms with Crippen molar-refractivity contribution in [3.05, 3.63) is 63.7 Å². The summed E-state index contributed by atoms with van der Waals surface area (Å²) in [5.41, 5.74) is 5.03. The second-order valence-corrected chi connectivity index (χ2v) is 6.23. The number of rotatable bonds is 2. The minimum atomic E-state index is -0.243. The minimum absolute atomic E-state index is 0.121. The maximum absolute atomic E-state index is 11.7. The number of carbonyl (C=O) groups is 1. The van der Waals surface area contributed by atoms with E-state index in [0.29, 0.717) is 6.42 Å². The van der Waals surface area contributed by atoms with Gasteiger partial charge in [-0.2, -0.15) is 0 Å². The molecule has 0 aliphatic carbocycles. The molecule has 2 aromatic rings. The van der Waals surface area contributed by atoms with Crippen molar-refractivity contribution < 1.29 is 4.79 Å². The first-order chi connectivity index (χ1) is 9.97. The summed E-state index contributed by atoms with van der Waals surface area (Å²) in [6, 6.07) is 11.8. The number of amides is 1. The Kier molecular flexibility index (Phi) is 3.68. The monoisotopic (exact) mass is 319 g/mol. The molecule has 0 radical (unpaired) electrons. The summed E-state index contributed by atoms with van der Waals surface area (Å²) >= 11 is 12.6. The molecule has 1 aliphatic rings. The van der Waals surface area contributed by atoms with Gasteiger partial charge in [-0.15, -0.1) is 11.6 Å². The average Bonchev–Trinajstić information content (AvgIpc) is 2.76. The van der Waals surface area contributed by atoms with Gasteiger partial charge in [-0.3, -0.25) is 4.79 Å². The molecule has 0 fully saturated rings. The summed E-state index contributed by atoms with van der Waals surface area (Å²) in [7, 11) is 1.80. The summed E-state index contributed by atoms with van der Waals surface area (Å²) in [6.45, 7) is 1.96. The smallest absolute Gasteiger partial charge is 0.231 e. The Balaban J connectivity index is 1.96. The van der Waals surface area contributed by atoms with Crippen molar-refractivity contribution in [2.45, 2.75) is 18.7 Å². The molecular formula is C17H15Cl2NO. The SMILES string of the molecule is Cc1cc(C(Cl)c2ccc3c(c2)CC(=O)N3C)ccc1Cl. The summed E-state index contributed by atoms with van der Waals surface area (Å²) in [4.78, 5) is 13.4. The molecule has 0 bridgehead atoms. The number of halogens is 2. The molecule has 3 rings (SSSR count). The number of alkyl halides is 1. The lowest BCUT2D eigenvalue weighted by Crippen LogP contribution is -2.20. The minimum Gasteiger partial charge on any atom is -0.315 e. The maximum Gasteiger partial charge on any atom is 0.231 e. The predicted molar refractivity (Wildman–Crippen MR) is 87.4 cm³/mol. The molecule has 0 aromatic heterocycles. The van der Waals surface area contributed by atoms with Crippen molar-refractivity contribution in [1.29, 1.82) is 0 Å². The molecule has 0 N–H and O–H groups in total. The van der Waals surface area contributed by atoms with Crippen LogP contribution in [0.25, 0.3) is 0 Å². The van der Waals surface area contributed by atoms with Crippen LogP contribution in [0.15, 0.2) is 36.4 Å². The van der Waals surface area contributed by atoms with Gasteiger partial charge in [0.25, 0.3) is 0 Å². The molecule has 108 valence electrons. The number of fused-ring (bicyclic) bond motifs is 1. The van der Waals surface area contributed by atoms with Crippen molar-refractivity contribution in [2.75, 3.05) is 11.9 Å². The first kappa shape index (κ1) is 14.4. The van der Waals surface area contributed by atoms with Crippen LogP contribution in [0.2, 0.25) is 5.02 Å². The third-order valence-corrected chi connectivity index (χ3v) is 4.88. The van der Waals surface area contributed by atoms with Crippen molar-refractivity contribution in [2.24, 2.45) is 0 Å². The van der Waals surface area contributed by atoms with Gasteiger partial charge in [-0.05, 0) is 41.3 Å². The van der Waals surface area contributed by atoms with Crippen LogP contribution in [0.4, 0.5) is 5.69 Å². The lowest BCUT2D eigenvalue weighted by Gasteiger charge is -2.14. The third-order valence-electron chi connectivity index (χ3n) is 3.95. The van der Waals surface area contributed by atoms with E-state index < -0.39 is 0 Å². The normalized spacial score (nSPS) is 15.2. The van der Waals surface area contributed by atoms with Crippen molar-refractivity contribution >= 4 is 34.8 Å². The van der Waals surface area contributed by atoms with Crippen LogP contribution in [0.1, 0.15) is 27.6 Å². The quantitative estimate of drug-likeness (QED) is 0.746. The van der Waals surface area contributed by atoms with Gasteiger partial charge in [0.05, 0.1) is 11.8 Å². The summed E-state index contributed by atoms with van der Waals surface area (Å²) < 4.78 is 0. The van der Waals surface area contributed by atoms with Crippen LogP contribution in [-0.4, -0.2) is 13.0 Å². The molecule has 2 nitrogen and oxygen atoms in total. The largest absolute Gasteiger partial charge is 0.315 e. The van der Waals surface area contributed by atoms with Gasteiger partial charge < -0.3 is 4.90 Å². The molecular weight excluding hydrogens is 305 g/mol. The Labute approximate surface area is 134 Å². The van der Waals surface area contributed by atoms with E-state index in [0.717, 1.165) is 33.0 Å². The van der Waals surface area contributed by atoms with E-state index >= 15 is 0 Å². The van der Waals surface area contributed by atoms with E-state index in [4.69, 9.17) is 23.2 Å². The number of likely N-dealkylation sites (N-methyl/N-ethyl adjacent to an activating group) is 1. The number of hydrogen-bond acceptors (Lipinski definition) is 1. The molecule has 4 heteroatoms. The van der Waals surface area contributed by atoms with Gasteiger partial charge in [0.2, 0.25) is 5.91 Å². The highest BCUT2D eigenvalue weighted by Gasteiger charge is 2.25. The Morgan fingerprint density at radius 2 is 1.81 bits per heavy atom. The standard InChI is InChI=1S/C17H15Cl2NO/c1-10-7-11(3-5-14(10)18)17(19)12-4-6-15-13(8-12)9-16(21)20(15)2/h3-8,17H,9H2,1-2H3. The van der Waals surface area contributed by atoms with Gasteiger partial charge >= 0.3 is 0 Å². The predicted octanol–water partition coefficient (Wildman–Crippen LogP) is 4.50. The zero-order valence-electron chi connectivity index (χ0n) is 11.9. The Morgan fingerprint density at radius 3 is 2.52 bits per heavy atom. The van der Waals surface area contributed by atoms with Crippen molar-refractivity contribution in [3.8, 4) is 0 Å². The maximum atomic E-state index is 11.7. The number of benzene rings is 2. The first-order valence-corrected chi connectivity index (χ1v) is 7.58. The highest BCUT2D eigenvalue weighted by molar-refractivity contribution is 6.31. The summed E-state index contributed by atoms with van der Waals surface area (Å²) in [5.74, 6) is 0.121. The van der Waals surface area contributed by atoms with Crippen molar-refractivity contribution in [3.63, 3.8) is 0 Å². The van der Waals surface area contributed by atoms with Gasteiger partial charge in [0.1, 0.15) is 0 Å². The second-order valence-electron chi connectivity index (χ2n) is 5.39. The van der Waals surface area contributed by atoms with Crippen LogP contribution < -0.4 is 4.90 Å². The zero-order chi connectivity index (χ0) is 15.1. The molecule has 1 atom stereocenters. The number of hydrogen-bond donors (Lipinski definition) is 0. The van der Waals surface area contributed by atoms with Gasteiger partial charge in [-0.1, -0.05) is 35.9 Å². The first-order valence-electron chi connectivity index (χ1n) is 6.77. The van der Waals surface area contributed by atoms with Crippen LogP contribution >= 0.6 is 23.2 Å². The summed E-state index contributed by atoms with van der Waals surface area (Å²) in [5, 5.41) is 0.496. The summed E-state index contributed by atoms with van der Waals surface area (Å²) in [6.07, 6.45) is 0.447. The molecule has 21 heavy (non-hydrogen) atoms. The third kappa shape index (κ3) is 2.54. The van der Waals surface area contributed by atoms with Gasteiger partial charge in [-0.25, -0.2) is 0 Å². The molecule has 0 saturated carbocycles. The number of anilines is 1. The fraction of sp³-hybridized carbons (Fsp3) is 0.235. The van der Waals surface area contributed by atoms with Gasteiger partial charge in [0, 0.05) is 17.8 Å². The van der Waals surface area contributed by atoms with E-state index in [1.807, 2.05) is 43.3 Å². The van der Waals surface area contributed by atoms with Crippen LogP contribution in [0, 0.1) is 6.92 Å². The molecule has 0 spiro atoms. The fourth-order valence-corrected chi connectivity index (χ4v) is 3.05. The lowest BCUT2D eigenvalue weighted by atomic mass is 10.00. The molecule has 1 amide bonds. The number of carbonyl (C=O) groups excluding carboxylic acids is 1. The van der Waals surface area contributed by atoms with Gasteiger partial charge in [0.15, 0.2) is 0 Å². The highest BCUT2D eigenvalue weighted by atomic mass is 35.5. The van der Waals surface area contributed by atoms with E-state index in [1.54, 1.807) is 11.9 Å². The van der Waals surface area contributed by atoms with Crippen LogP contribution in [0.3, 0.4) is 0 Å².